The zero-order valence-electron chi connectivity index (χ0n) is 18.2. The average molecular weight is 402 g/mol. The van der Waals surface area contributed by atoms with Crippen molar-refractivity contribution in [2.24, 2.45) is 11.8 Å². The lowest BCUT2D eigenvalue weighted by Crippen LogP contribution is -2.42. The quantitative estimate of drug-likeness (QED) is 0.651. The predicted octanol–water partition coefficient (Wildman–Crippen LogP) is 3.75. The molecule has 29 heavy (non-hydrogen) atoms. The van der Waals surface area contributed by atoms with E-state index in [1.807, 2.05) is 24.0 Å². The van der Waals surface area contributed by atoms with Gasteiger partial charge in [-0.2, -0.15) is 0 Å². The molecular formula is C23H35N3O3. The van der Waals surface area contributed by atoms with E-state index < -0.39 is 0 Å². The van der Waals surface area contributed by atoms with Crippen LogP contribution in [0.5, 0.6) is 0 Å². The van der Waals surface area contributed by atoms with Crippen molar-refractivity contribution in [2.75, 3.05) is 25.0 Å². The second-order valence-corrected chi connectivity index (χ2v) is 8.53. The highest BCUT2D eigenvalue weighted by molar-refractivity contribution is 5.97. The fourth-order valence-electron chi connectivity index (χ4n) is 3.97. The first-order valence-electron chi connectivity index (χ1n) is 10.7. The van der Waals surface area contributed by atoms with Crippen LogP contribution in [0.4, 0.5) is 5.69 Å². The first kappa shape index (κ1) is 22.9. The van der Waals surface area contributed by atoms with E-state index in [9.17, 15) is 14.4 Å². The summed E-state index contributed by atoms with van der Waals surface area (Å²) >= 11 is 0. The van der Waals surface area contributed by atoms with E-state index in [1.165, 1.54) is 6.92 Å². The third-order valence-electron chi connectivity index (χ3n) is 5.37. The summed E-state index contributed by atoms with van der Waals surface area (Å²) in [4.78, 5) is 38.0. The van der Waals surface area contributed by atoms with Gasteiger partial charge in [0.1, 0.15) is 0 Å². The third-order valence-corrected chi connectivity index (χ3v) is 5.37. The molecule has 0 saturated carbocycles. The van der Waals surface area contributed by atoms with Crippen molar-refractivity contribution in [3.8, 4) is 0 Å². The minimum atomic E-state index is -0.0440. The summed E-state index contributed by atoms with van der Waals surface area (Å²) in [5.74, 6) is 0.992. The van der Waals surface area contributed by atoms with E-state index in [-0.39, 0.29) is 17.7 Å². The number of nitrogens with zero attached hydrogens (tertiary/aromatic N) is 1. The predicted molar refractivity (Wildman–Crippen MR) is 116 cm³/mol. The molecule has 0 bridgehead atoms. The lowest BCUT2D eigenvalue weighted by molar-refractivity contribution is -0.119. The molecule has 1 heterocycles. The van der Waals surface area contributed by atoms with Crippen molar-refractivity contribution in [3.05, 3.63) is 29.3 Å². The molecule has 1 saturated heterocycles. The molecular weight excluding hydrogens is 366 g/mol. The number of likely N-dealkylation sites (tertiary alicyclic amines) is 1. The van der Waals surface area contributed by atoms with E-state index in [0.29, 0.717) is 36.1 Å². The van der Waals surface area contributed by atoms with E-state index in [2.05, 4.69) is 24.5 Å². The Hall–Kier alpha value is -2.37. The Kier molecular flexibility index (Phi) is 8.68. The van der Waals surface area contributed by atoms with E-state index in [1.54, 1.807) is 6.07 Å². The molecule has 1 aromatic carbocycles. The molecule has 0 radical (unpaired) electrons. The number of carbonyl (C=O) groups excluding carboxylic acids is 3. The zero-order chi connectivity index (χ0) is 21.4. The summed E-state index contributed by atoms with van der Waals surface area (Å²) in [6.07, 6.45) is 4.11. The lowest BCUT2D eigenvalue weighted by atomic mass is 9.91. The number of anilines is 1. The molecule has 0 spiro atoms. The minimum absolute atomic E-state index is 0.0267. The first-order chi connectivity index (χ1) is 13.8. The van der Waals surface area contributed by atoms with Crippen molar-refractivity contribution in [2.45, 2.75) is 59.8 Å². The van der Waals surface area contributed by atoms with Gasteiger partial charge in [-0.25, -0.2) is 0 Å². The minimum Gasteiger partial charge on any atom is -0.356 e. The number of hydrogen-bond donors (Lipinski definition) is 2. The number of amides is 3. The number of aryl methyl sites for hydroxylation is 1. The van der Waals surface area contributed by atoms with E-state index in [4.69, 9.17) is 0 Å². The number of rotatable bonds is 8. The van der Waals surface area contributed by atoms with Gasteiger partial charge in [-0.1, -0.05) is 26.3 Å². The number of hydrogen-bond acceptors (Lipinski definition) is 3. The second-order valence-electron chi connectivity index (χ2n) is 8.53. The van der Waals surface area contributed by atoms with E-state index >= 15 is 0 Å². The smallest absolute Gasteiger partial charge is 0.253 e. The molecule has 160 valence electrons. The highest BCUT2D eigenvalue weighted by Gasteiger charge is 2.26. The van der Waals surface area contributed by atoms with Gasteiger partial charge in [-0.15, -0.1) is 0 Å². The molecule has 2 rings (SSSR count). The molecule has 2 unspecified atom stereocenters. The lowest BCUT2D eigenvalue weighted by Gasteiger charge is -2.35. The molecule has 2 N–H and O–H groups in total. The van der Waals surface area contributed by atoms with Gasteiger partial charge in [0.05, 0.1) is 0 Å². The van der Waals surface area contributed by atoms with Crippen LogP contribution in [0.15, 0.2) is 18.2 Å². The van der Waals surface area contributed by atoms with Crippen LogP contribution < -0.4 is 10.6 Å². The number of carbonyl (C=O) groups is 3. The van der Waals surface area contributed by atoms with Crippen LogP contribution in [0, 0.1) is 18.8 Å². The van der Waals surface area contributed by atoms with Crippen molar-refractivity contribution >= 4 is 23.4 Å². The fourth-order valence-corrected chi connectivity index (χ4v) is 3.97. The highest BCUT2D eigenvalue weighted by atomic mass is 16.2. The maximum absolute atomic E-state index is 12.9. The molecule has 3 amide bonds. The van der Waals surface area contributed by atoms with Crippen LogP contribution in [-0.2, 0) is 9.59 Å². The number of unbranched alkanes of at least 4 members (excludes halogenated alkanes) is 2. The average Bonchev–Trinajstić information content (AvgIpc) is 2.64. The summed E-state index contributed by atoms with van der Waals surface area (Å²) < 4.78 is 0. The van der Waals surface area contributed by atoms with Crippen molar-refractivity contribution in [3.63, 3.8) is 0 Å². The van der Waals surface area contributed by atoms with Gasteiger partial charge >= 0.3 is 0 Å². The Bertz CT molecular complexity index is 722. The summed E-state index contributed by atoms with van der Waals surface area (Å²) in [5, 5.41) is 5.71. The van der Waals surface area contributed by atoms with Gasteiger partial charge in [0.25, 0.3) is 5.91 Å². The van der Waals surface area contributed by atoms with Gasteiger partial charge in [0.15, 0.2) is 0 Å². The Labute approximate surface area is 174 Å². The fraction of sp³-hybridized carbons (Fsp3) is 0.609. The molecule has 6 nitrogen and oxygen atoms in total. The van der Waals surface area contributed by atoms with Gasteiger partial charge in [0.2, 0.25) is 11.8 Å². The summed E-state index contributed by atoms with van der Waals surface area (Å²) in [6, 6.07) is 5.54. The summed E-state index contributed by atoms with van der Waals surface area (Å²) in [5.41, 5.74) is 2.28. The topological polar surface area (TPSA) is 78.5 Å². The molecule has 1 aromatic rings. The summed E-state index contributed by atoms with van der Waals surface area (Å²) in [6.45, 7) is 10.0. The number of benzene rings is 1. The SMILES string of the molecule is CC(=O)NCCCCCC(=O)Nc1cc(C(=O)N2CC(C)CC(C)C2)ccc1C. The summed E-state index contributed by atoms with van der Waals surface area (Å²) in [7, 11) is 0. The molecule has 6 heteroatoms. The Morgan fingerprint density at radius 3 is 2.41 bits per heavy atom. The maximum Gasteiger partial charge on any atom is 0.253 e. The normalized spacial score (nSPS) is 19.0. The van der Waals surface area contributed by atoms with Gasteiger partial charge in [-0.3, -0.25) is 14.4 Å². The van der Waals surface area contributed by atoms with Crippen LogP contribution in [0.3, 0.4) is 0 Å². The van der Waals surface area contributed by atoms with Crippen molar-refractivity contribution in [1.82, 2.24) is 10.2 Å². The first-order valence-corrected chi connectivity index (χ1v) is 10.7. The molecule has 0 aliphatic carbocycles. The number of nitrogens with one attached hydrogen (secondary N) is 2. The molecule has 1 fully saturated rings. The Balaban J connectivity index is 1.88. The molecule has 0 aromatic heterocycles. The highest BCUT2D eigenvalue weighted by Crippen LogP contribution is 2.24. The van der Waals surface area contributed by atoms with E-state index in [0.717, 1.165) is 44.3 Å². The van der Waals surface area contributed by atoms with Gasteiger partial charge in [-0.05, 0) is 55.7 Å². The third kappa shape index (κ3) is 7.52. The van der Waals surface area contributed by atoms with Crippen LogP contribution in [0.2, 0.25) is 0 Å². The Morgan fingerprint density at radius 2 is 1.76 bits per heavy atom. The van der Waals surface area contributed by atoms with Gasteiger partial charge in [0, 0.05) is 44.2 Å². The molecule has 1 aliphatic rings. The van der Waals surface area contributed by atoms with Crippen LogP contribution >= 0.6 is 0 Å². The van der Waals surface area contributed by atoms with Crippen LogP contribution in [-0.4, -0.2) is 42.3 Å². The maximum atomic E-state index is 12.9. The number of piperidine rings is 1. The van der Waals surface area contributed by atoms with Crippen molar-refractivity contribution in [1.29, 1.82) is 0 Å². The van der Waals surface area contributed by atoms with Crippen LogP contribution in [0.25, 0.3) is 0 Å². The molecule has 1 aliphatic heterocycles. The van der Waals surface area contributed by atoms with Gasteiger partial charge < -0.3 is 15.5 Å². The zero-order valence-corrected chi connectivity index (χ0v) is 18.2. The second kappa shape index (κ2) is 11.0. The standard InChI is InChI=1S/C23H35N3O3/c1-16-12-17(2)15-26(14-16)23(29)20-10-9-18(3)21(13-20)25-22(28)8-6-5-7-11-24-19(4)27/h9-10,13,16-17H,5-8,11-12,14-15H2,1-4H3,(H,24,27)(H,25,28). The molecule has 2 atom stereocenters. The van der Waals surface area contributed by atoms with Crippen molar-refractivity contribution < 1.29 is 14.4 Å². The monoisotopic (exact) mass is 401 g/mol. The Morgan fingerprint density at radius 1 is 1.07 bits per heavy atom. The van der Waals surface area contributed by atoms with Crippen LogP contribution in [0.1, 0.15) is 68.8 Å². The largest absolute Gasteiger partial charge is 0.356 e.